The van der Waals surface area contributed by atoms with Gasteiger partial charge in [0, 0.05) is 19.0 Å². The summed E-state index contributed by atoms with van der Waals surface area (Å²) < 4.78 is 3.58. The summed E-state index contributed by atoms with van der Waals surface area (Å²) in [6.07, 6.45) is 1.65. The van der Waals surface area contributed by atoms with Gasteiger partial charge in [-0.15, -0.1) is 0 Å². The Balaban J connectivity index is 1.74. The number of nitrogens with zero attached hydrogens (tertiary/aromatic N) is 7. The van der Waals surface area contributed by atoms with E-state index in [4.69, 9.17) is 16.6 Å². The predicted molar refractivity (Wildman–Crippen MR) is 92.2 cm³/mol. The van der Waals surface area contributed by atoms with Gasteiger partial charge in [0.05, 0.1) is 21.7 Å². The molecule has 0 radical (unpaired) electrons. The Kier molecular flexibility index (Phi) is 3.91. The first-order valence-electron chi connectivity index (χ1n) is 7.16. The lowest BCUT2D eigenvalue weighted by molar-refractivity contribution is 0.682. The van der Waals surface area contributed by atoms with Gasteiger partial charge in [-0.2, -0.15) is 0 Å². The monoisotopic (exact) mass is 357 g/mol. The molecule has 7 nitrogen and oxygen atoms in total. The quantitative estimate of drug-likeness (QED) is 0.523. The molecule has 4 aromatic rings. The molecular weight excluding hydrogens is 346 g/mol. The Bertz CT molecular complexity index is 993. The highest BCUT2D eigenvalue weighted by Crippen LogP contribution is 2.28. The molecule has 0 N–H and O–H groups in total. The second-order valence-corrected chi connectivity index (χ2v) is 6.46. The molecule has 0 saturated carbocycles. The predicted octanol–water partition coefficient (Wildman–Crippen LogP) is 2.89. The zero-order chi connectivity index (χ0) is 16.5. The topological polar surface area (TPSA) is 74.3 Å². The van der Waals surface area contributed by atoms with Crippen LogP contribution in [0.1, 0.15) is 5.69 Å². The van der Waals surface area contributed by atoms with Crippen molar-refractivity contribution in [2.24, 2.45) is 7.05 Å². The summed E-state index contributed by atoms with van der Waals surface area (Å²) in [7, 11) is 1.80. The molecule has 0 saturated heterocycles. The van der Waals surface area contributed by atoms with Gasteiger partial charge in [-0.3, -0.25) is 9.55 Å². The summed E-state index contributed by atoms with van der Waals surface area (Å²) in [6.45, 7) is 0. The molecule has 0 unspecified atom stereocenters. The minimum Gasteiger partial charge on any atom is -0.259 e. The Morgan fingerprint density at radius 3 is 2.79 bits per heavy atom. The van der Waals surface area contributed by atoms with E-state index in [1.807, 2.05) is 41.0 Å². The first-order chi connectivity index (χ1) is 11.7. The molecule has 0 atom stereocenters. The van der Waals surface area contributed by atoms with Crippen LogP contribution < -0.4 is 0 Å². The lowest BCUT2D eigenvalue weighted by Crippen LogP contribution is -2.05. The van der Waals surface area contributed by atoms with E-state index in [2.05, 4.69) is 20.5 Å². The van der Waals surface area contributed by atoms with Gasteiger partial charge in [-0.1, -0.05) is 40.6 Å². The molecule has 3 heterocycles. The van der Waals surface area contributed by atoms with Gasteiger partial charge in [0.1, 0.15) is 0 Å². The fraction of sp³-hybridized carbons (Fsp3) is 0.133. The first kappa shape index (κ1) is 15.1. The van der Waals surface area contributed by atoms with Crippen LogP contribution >= 0.6 is 23.4 Å². The zero-order valence-corrected chi connectivity index (χ0v) is 14.2. The van der Waals surface area contributed by atoms with Crippen LogP contribution in [0.3, 0.4) is 0 Å². The van der Waals surface area contributed by atoms with Crippen molar-refractivity contribution in [3.63, 3.8) is 0 Å². The smallest absolute Gasteiger partial charge is 0.256 e. The summed E-state index contributed by atoms with van der Waals surface area (Å²) in [5.41, 5.74) is 2.79. The average molecular weight is 358 g/mol. The third kappa shape index (κ3) is 2.74. The van der Waals surface area contributed by atoms with Crippen molar-refractivity contribution in [1.82, 2.24) is 34.7 Å². The number of para-hydroxylation sites is 2. The fourth-order valence-corrected chi connectivity index (χ4v) is 3.37. The Morgan fingerprint density at radius 1 is 1.17 bits per heavy atom. The number of halogens is 1. The lowest BCUT2D eigenvalue weighted by Gasteiger charge is -2.06. The number of hydrogen-bond acceptors (Lipinski definition) is 6. The molecular formula is C15H12ClN7S. The second-order valence-electron chi connectivity index (χ2n) is 5.08. The summed E-state index contributed by atoms with van der Waals surface area (Å²) in [6, 6.07) is 11.7. The Hall–Kier alpha value is -2.45. The Morgan fingerprint density at radius 2 is 2.04 bits per heavy atom. The van der Waals surface area contributed by atoms with Crippen LogP contribution in [0.2, 0.25) is 5.02 Å². The molecule has 0 aliphatic heterocycles. The number of thioether (sulfide) groups is 1. The number of pyridine rings is 1. The maximum atomic E-state index is 5.88. The summed E-state index contributed by atoms with van der Waals surface area (Å²) in [5, 5.41) is 13.2. The third-order valence-electron chi connectivity index (χ3n) is 3.47. The largest absolute Gasteiger partial charge is 0.259 e. The summed E-state index contributed by atoms with van der Waals surface area (Å²) in [5.74, 6) is 1.29. The molecule has 0 aliphatic carbocycles. The molecule has 0 bridgehead atoms. The van der Waals surface area contributed by atoms with Gasteiger partial charge < -0.3 is 0 Å². The summed E-state index contributed by atoms with van der Waals surface area (Å²) >= 11 is 7.46. The van der Waals surface area contributed by atoms with E-state index in [1.54, 1.807) is 29.7 Å². The van der Waals surface area contributed by atoms with Gasteiger partial charge in [-0.05, 0) is 34.7 Å². The molecule has 120 valence electrons. The molecule has 0 spiro atoms. The van der Waals surface area contributed by atoms with Crippen LogP contribution in [0.5, 0.6) is 0 Å². The van der Waals surface area contributed by atoms with E-state index in [1.165, 1.54) is 0 Å². The number of hydrogen-bond donors (Lipinski definition) is 0. The normalized spacial score (nSPS) is 11.2. The fourth-order valence-electron chi connectivity index (χ4n) is 2.34. The molecule has 9 heteroatoms. The maximum absolute atomic E-state index is 5.88. The Labute approximate surface area is 146 Å². The molecule has 0 amide bonds. The third-order valence-corrected chi connectivity index (χ3v) is 4.66. The lowest BCUT2D eigenvalue weighted by atomic mass is 10.3. The van der Waals surface area contributed by atoms with Crippen LogP contribution in [0, 0.1) is 0 Å². The molecule has 0 aliphatic rings. The van der Waals surface area contributed by atoms with E-state index in [0.717, 1.165) is 21.9 Å². The number of rotatable bonds is 4. The van der Waals surface area contributed by atoms with Crippen LogP contribution in [-0.4, -0.2) is 34.7 Å². The number of aromatic nitrogens is 7. The minimum absolute atomic E-state index is 0.621. The van der Waals surface area contributed by atoms with Crippen molar-refractivity contribution in [2.75, 3.05) is 0 Å². The van der Waals surface area contributed by atoms with Gasteiger partial charge in [0.2, 0.25) is 0 Å². The average Bonchev–Trinajstić information content (AvgIpc) is 3.17. The van der Waals surface area contributed by atoms with Gasteiger partial charge in [0.15, 0.2) is 5.16 Å². The first-order valence-corrected chi connectivity index (χ1v) is 8.52. The van der Waals surface area contributed by atoms with Gasteiger partial charge in [0.25, 0.3) is 5.95 Å². The van der Waals surface area contributed by atoms with Crippen LogP contribution in [0.15, 0.2) is 47.8 Å². The molecule has 1 aromatic carbocycles. The highest BCUT2D eigenvalue weighted by Gasteiger charge is 2.17. The van der Waals surface area contributed by atoms with E-state index < -0.39 is 0 Å². The van der Waals surface area contributed by atoms with Crippen molar-refractivity contribution in [3.8, 4) is 5.95 Å². The van der Waals surface area contributed by atoms with E-state index >= 15 is 0 Å². The van der Waals surface area contributed by atoms with E-state index in [-0.39, 0.29) is 0 Å². The van der Waals surface area contributed by atoms with Gasteiger partial charge in [-0.25, -0.2) is 9.67 Å². The van der Waals surface area contributed by atoms with Crippen LogP contribution in [0.4, 0.5) is 0 Å². The second kappa shape index (κ2) is 6.21. The highest BCUT2D eigenvalue weighted by atomic mass is 35.5. The van der Waals surface area contributed by atoms with Crippen molar-refractivity contribution >= 4 is 34.4 Å². The van der Waals surface area contributed by atoms with Crippen molar-refractivity contribution in [1.29, 1.82) is 0 Å². The highest BCUT2D eigenvalue weighted by molar-refractivity contribution is 7.98. The van der Waals surface area contributed by atoms with E-state index in [0.29, 0.717) is 16.7 Å². The number of benzene rings is 1. The molecule has 4 rings (SSSR count). The van der Waals surface area contributed by atoms with Crippen LogP contribution in [-0.2, 0) is 12.8 Å². The van der Waals surface area contributed by atoms with Crippen molar-refractivity contribution in [3.05, 3.63) is 53.3 Å². The van der Waals surface area contributed by atoms with Crippen molar-refractivity contribution in [2.45, 2.75) is 10.9 Å². The number of aryl methyl sites for hydroxylation is 1. The number of imidazole rings is 1. The zero-order valence-electron chi connectivity index (χ0n) is 12.7. The minimum atomic E-state index is 0.621. The molecule has 0 fully saturated rings. The standard InChI is InChI=1S/C15H12ClN7S/c1-22-14(19-20-21-22)23-13-5-3-2-4-12(13)18-15(23)24-9-11-7-6-10(16)8-17-11/h2-8H,9H2,1H3. The number of tetrazole rings is 1. The summed E-state index contributed by atoms with van der Waals surface area (Å²) in [4.78, 5) is 9.03. The molecule has 3 aromatic heterocycles. The van der Waals surface area contributed by atoms with E-state index in [9.17, 15) is 0 Å². The van der Waals surface area contributed by atoms with Crippen LogP contribution in [0.25, 0.3) is 17.0 Å². The maximum Gasteiger partial charge on any atom is 0.256 e. The van der Waals surface area contributed by atoms with Crippen molar-refractivity contribution < 1.29 is 0 Å². The molecule has 24 heavy (non-hydrogen) atoms. The van der Waals surface area contributed by atoms with Gasteiger partial charge >= 0.3 is 0 Å². The SMILES string of the molecule is Cn1nnnc1-n1c(SCc2ccc(Cl)cn2)nc2ccccc21. The number of fused-ring (bicyclic) bond motifs is 1.